The van der Waals surface area contributed by atoms with Gasteiger partial charge in [0.25, 0.3) is 0 Å². The summed E-state index contributed by atoms with van der Waals surface area (Å²) >= 11 is 0. The summed E-state index contributed by atoms with van der Waals surface area (Å²) in [5.74, 6) is 2.66. The van der Waals surface area contributed by atoms with Crippen molar-refractivity contribution in [3.8, 4) is 0 Å². The van der Waals surface area contributed by atoms with Crippen molar-refractivity contribution in [2.45, 2.75) is 52.5 Å². The number of anilines is 1. The number of rotatable bonds is 7. The van der Waals surface area contributed by atoms with Crippen LogP contribution < -0.4 is 10.2 Å². The Morgan fingerprint density at radius 3 is 2.76 bits per heavy atom. The summed E-state index contributed by atoms with van der Waals surface area (Å²) in [4.78, 5) is 6.88. The van der Waals surface area contributed by atoms with Crippen LogP contribution in [0.5, 0.6) is 0 Å². The lowest BCUT2D eigenvalue weighted by molar-refractivity contribution is 0.361. The Bertz CT molecular complexity index is 411. The van der Waals surface area contributed by atoms with Crippen LogP contribution in [0.25, 0.3) is 0 Å². The molecule has 1 saturated carbocycles. The molecule has 3 nitrogen and oxygen atoms in total. The summed E-state index contributed by atoms with van der Waals surface area (Å²) in [6.07, 6.45) is 8.96. The predicted molar refractivity (Wildman–Crippen MR) is 90.6 cm³/mol. The molecule has 3 heteroatoms. The maximum atomic E-state index is 4.55. The molecule has 0 saturated heterocycles. The minimum atomic E-state index is 0.695. The van der Waals surface area contributed by atoms with Crippen LogP contribution in [0.4, 0.5) is 5.82 Å². The fourth-order valence-electron chi connectivity index (χ4n) is 3.14. The van der Waals surface area contributed by atoms with Gasteiger partial charge in [-0.2, -0.15) is 0 Å². The molecule has 118 valence electrons. The number of nitrogens with one attached hydrogen (secondary N) is 1. The van der Waals surface area contributed by atoms with Gasteiger partial charge in [-0.1, -0.05) is 33.1 Å². The second-order valence-electron chi connectivity index (χ2n) is 6.93. The van der Waals surface area contributed by atoms with Crippen molar-refractivity contribution in [3.05, 3.63) is 23.9 Å². The standard InChI is InChI=1S/C18H31N3/c1-15(2)12-19-13-17-9-10-20-18(11-17)21(3)14-16-7-5-4-6-8-16/h9-11,15-16,19H,4-8,12-14H2,1-3H3. The van der Waals surface area contributed by atoms with Crippen LogP contribution in [-0.4, -0.2) is 25.1 Å². The molecule has 21 heavy (non-hydrogen) atoms. The molecule has 0 unspecified atom stereocenters. The third-order valence-electron chi connectivity index (χ3n) is 4.34. The van der Waals surface area contributed by atoms with Gasteiger partial charge in [0.15, 0.2) is 0 Å². The minimum absolute atomic E-state index is 0.695. The zero-order chi connectivity index (χ0) is 15.1. The summed E-state index contributed by atoms with van der Waals surface area (Å²) in [6, 6.07) is 4.35. The maximum Gasteiger partial charge on any atom is 0.128 e. The van der Waals surface area contributed by atoms with Gasteiger partial charge in [-0.3, -0.25) is 0 Å². The first-order chi connectivity index (χ1) is 10.1. The Morgan fingerprint density at radius 1 is 1.29 bits per heavy atom. The first-order valence-electron chi connectivity index (χ1n) is 8.52. The lowest BCUT2D eigenvalue weighted by Gasteiger charge is -2.27. The van der Waals surface area contributed by atoms with E-state index in [4.69, 9.17) is 0 Å². The van der Waals surface area contributed by atoms with Gasteiger partial charge in [0.1, 0.15) is 5.82 Å². The van der Waals surface area contributed by atoms with Crippen LogP contribution in [0.15, 0.2) is 18.3 Å². The highest BCUT2D eigenvalue weighted by Crippen LogP contribution is 2.25. The molecule has 1 N–H and O–H groups in total. The predicted octanol–water partition coefficient (Wildman–Crippen LogP) is 3.84. The summed E-state index contributed by atoms with van der Waals surface area (Å²) in [6.45, 7) is 7.63. The van der Waals surface area contributed by atoms with Crippen molar-refractivity contribution in [2.24, 2.45) is 11.8 Å². The molecule has 0 bridgehead atoms. The van der Waals surface area contributed by atoms with Gasteiger partial charge in [-0.25, -0.2) is 4.98 Å². The van der Waals surface area contributed by atoms with E-state index < -0.39 is 0 Å². The summed E-state index contributed by atoms with van der Waals surface area (Å²) in [5.41, 5.74) is 1.33. The molecular formula is C18H31N3. The maximum absolute atomic E-state index is 4.55. The second-order valence-corrected chi connectivity index (χ2v) is 6.93. The van der Waals surface area contributed by atoms with Gasteiger partial charge in [0.2, 0.25) is 0 Å². The number of pyridine rings is 1. The van der Waals surface area contributed by atoms with E-state index in [1.165, 1.54) is 37.7 Å². The highest BCUT2D eigenvalue weighted by molar-refractivity contribution is 5.40. The molecule has 2 rings (SSSR count). The Hall–Kier alpha value is -1.09. The van der Waals surface area contributed by atoms with Crippen LogP contribution in [0.1, 0.15) is 51.5 Å². The van der Waals surface area contributed by atoms with E-state index in [1.807, 2.05) is 6.20 Å². The average Bonchev–Trinajstić information content (AvgIpc) is 2.48. The van der Waals surface area contributed by atoms with Gasteiger partial charge in [-0.15, -0.1) is 0 Å². The molecule has 0 atom stereocenters. The molecular weight excluding hydrogens is 258 g/mol. The second kappa shape index (κ2) is 8.38. The third kappa shape index (κ3) is 5.66. The number of hydrogen-bond donors (Lipinski definition) is 1. The fraction of sp³-hybridized carbons (Fsp3) is 0.722. The quantitative estimate of drug-likeness (QED) is 0.826. The fourth-order valence-corrected chi connectivity index (χ4v) is 3.14. The van der Waals surface area contributed by atoms with Crippen LogP contribution in [-0.2, 0) is 6.54 Å². The molecule has 0 aromatic carbocycles. The van der Waals surface area contributed by atoms with Gasteiger partial charge in [0.05, 0.1) is 0 Å². The van der Waals surface area contributed by atoms with Gasteiger partial charge in [-0.05, 0) is 48.9 Å². The van der Waals surface area contributed by atoms with E-state index in [0.717, 1.165) is 31.4 Å². The van der Waals surface area contributed by atoms with Crippen molar-refractivity contribution in [3.63, 3.8) is 0 Å². The summed E-state index contributed by atoms with van der Waals surface area (Å²) in [7, 11) is 2.18. The van der Waals surface area contributed by atoms with Crippen molar-refractivity contribution < 1.29 is 0 Å². The molecule has 1 aromatic rings. The van der Waals surface area contributed by atoms with Crippen LogP contribution in [0.2, 0.25) is 0 Å². The zero-order valence-corrected chi connectivity index (χ0v) is 13.9. The van der Waals surface area contributed by atoms with Crippen molar-refractivity contribution in [1.82, 2.24) is 10.3 Å². The molecule has 1 fully saturated rings. The largest absolute Gasteiger partial charge is 0.359 e. The Kier molecular flexibility index (Phi) is 6.50. The number of hydrogen-bond acceptors (Lipinski definition) is 3. The Labute approximate surface area is 130 Å². The first-order valence-corrected chi connectivity index (χ1v) is 8.52. The number of aromatic nitrogens is 1. The molecule has 0 amide bonds. The first kappa shape index (κ1) is 16.3. The molecule has 1 heterocycles. The SMILES string of the molecule is CC(C)CNCc1ccnc(N(C)CC2CCCCC2)c1. The molecule has 1 aliphatic rings. The van der Waals surface area contributed by atoms with E-state index in [0.29, 0.717) is 5.92 Å². The van der Waals surface area contributed by atoms with Gasteiger partial charge in [0, 0.05) is 26.3 Å². The van der Waals surface area contributed by atoms with E-state index in [1.54, 1.807) is 0 Å². The van der Waals surface area contributed by atoms with Crippen LogP contribution in [0, 0.1) is 11.8 Å². The highest BCUT2D eigenvalue weighted by atomic mass is 15.2. The van der Waals surface area contributed by atoms with Gasteiger partial charge < -0.3 is 10.2 Å². The van der Waals surface area contributed by atoms with Crippen molar-refractivity contribution in [2.75, 3.05) is 25.0 Å². The molecule has 1 aromatic heterocycles. The lowest BCUT2D eigenvalue weighted by atomic mass is 9.89. The molecule has 1 aliphatic carbocycles. The van der Waals surface area contributed by atoms with Crippen molar-refractivity contribution >= 4 is 5.82 Å². The Balaban J connectivity index is 1.86. The molecule has 0 aliphatic heterocycles. The normalized spacial score (nSPS) is 16.4. The summed E-state index contributed by atoms with van der Waals surface area (Å²) in [5, 5.41) is 3.50. The molecule has 0 radical (unpaired) electrons. The van der Waals surface area contributed by atoms with Crippen molar-refractivity contribution in [1.29, 1.82) is 0 Å². The van der Waals surface area contributed by atoms with Crippen LogP contribution in [0.3, 0.4) is 0 Å². The van der Waals surface area contributed by atoms with Gasteiger partial charge >= 0.3 is 0 Å². The van der Waals surface area contributed by atoms with Crippen LogP contribution >= 0.6 is 0 Å². The Morgan fingerprint density at radius 2 is 2.05 bits per heavy atom. The van der Waals surface area contributed by atoms with E-state index >= 15 is 0 Å². The van der Waals surface area contributed by atoms with E-state index in [-0.39, 0.29) is 0 Å². The highest BCUT2D eigenvalue weighted by Gasteiger charge is 2.16. The summed E-state index contributed by atoms with van der Waals surface area (Å²) < 4.78 is 0. The third-order valence-corrected chi connectivity index (χ3v) is 4.34. The van der Waals surface area contributed by atoms with E-state index in [2.05, 4.69) is 48.2 Å². The zero-order valence-electron chi connectivity index (χ0n) is 13.9. The molecule has 0 spiro atoms. The smallest absolute Gasteiger partial charge is 0.128 e. The van der Waals surface area contributed by atoms with E-state index in [9.17, 15) is 0 Å². The minimum Gasteiger partial charge on any atom is -0.359 e. The average molecular weight is 289 g/mol. The number of nitrogens with zero attached hydrogens (tertiary/aromatic N) is 2. The topological polar surface area (TPSA) is 28.2 Å². The lowest BCUT2D eigenvalue weighted by Crippen LogP contribution is -2.27. The monoisotopic (exact) mass is 289 g/mol.